The molecule has 0 atom stereocenters. The van der Waals surface area contributed by atoms with Crippen LogP contribution in [0.5, 0.6) is 0 Å². The van der Waals surface area contributed by atoms with Crippen LogP contribution in [0.15, 0.2) is 60.7 Å². The molecule has 0 bridgehead atoms. The molecule has 0 radical (unpaired) electrons. The molecule has 0 saturated heterocycles. The van der Waals surface area contributed by atoms with Gasteiger partial charge in [-0.2, -0.15) is 0 Å². The third-order valence-corrected chi connectivity index (χ3v) is 6.31. The second-order valence-electron chi connectivity index (χ2n) is 4.22. The van der Waals surface area contributed by atoms with Crippen LogP contribution in [-0.2, 0) is 18.3 Å². The van der Waals surface area contributed by atoms with Gasteiger partial charge in [-0.05, 0) is 0 Å². The van der Waals surface area contributed by atoms with E-state index in [1.54, 1.807) is 0 Å². The van der Waals surface area contributed by atoms with Gasteiger partial charge in [-0.15, -0.1) is 0 Å². The van der Waals surface area contributed by atoms with E-state index in [0.717, 1.165) is 0 Å². The van der Waals surface area contributed by atoms with Crippen molar-refractivity contribution in [2.45, 2.75) is 21.7 Å². The maximum absolute atomic E-state index is 2.25. The van der Waals surface area contributed by atoms with Crippen LogP contribution in [0.4, 0.5) is 0 Å². The molecule has 2 heteroatoms. The average Bonchev–Trinajstić information content (AvgIpc) is 2.41. The first-order valence-corrected chi connectivity index (χ1v) is 10.3. The minimum absolute atomic E-state index is 0. The van der Waals surface area contributed by atoms with Crippen LogP contribution in [0.3, 0.4) is 0 Å². The van der Waals surface area contributed by atoms with Gasteiger partial charge in [-0.1, -0.05) is 0 Å². The predicted molar refractivity (Wildman–Crippen MR) is 76.3 cm³/mol. The van der Waals surface area contributed by atoms with Crippen LogP contribution in [0.2, 0.25) is 8.87 Å². The molecule has 0 aliphatic heterocycles. The molecule has 92 valence electrons. The van der Waals surface area contributed by atoms with Crippen molar-refractivity contribution in [1.29, 1.82) is 0 Å². The Morgan fingerprint density at radius 2 is 1.00 bits per heavy atom. The van der Waals surface area contributed by atoms with Gasteiger partial charge in [0.15, 0.2) is 0 Å². The molecule has 2 aromatic carbocycles. The van der Waals surface area contributed by atoms with Crippen molar-refractivity contribution in [2.24, 2.45) is 0 Å². The van der Waals surface area contributed by atoms with E-state index >= 15 is 0 Å². The van der Waals surface area contributed by atoms with E-state index < -0.39 is 0 Å². The summed E-state index contributed by atoms with van der Waals surface area (Å²) in [5.41, 5.74) is 3.02. The molecule has 0 aromatic heterocycles. The van der Waals surface area contributed by atoms with E-state index in [0.29, 0.717) is 0 Å². The Bertz CT molecular complexity index is 372. The van der Waals surface area contributed by atoms with Gasteiger partial charge in [0.25, 0.3) is 0 Å². The molecular weight excluding hydrogens is 327 g/mol. The predicted octanol–water partition coefficient (Wildman–Crippen LogP) is 3.89. The van der Waals surface area contributed by atoms with Crippen molar-refractivity contribution in [3.8, 4) is 0 Å². The van der Waals surface area contributed by atoms with Crippen molar-refractivity contribution < 1.29 is 5.48 Å². The quantitative estimate of drug-likeness (QED) is 0.562. The monoisotopic (exact) mass is 346 g/mol. The Labute approximate surface area is 120 Å². The Morgan fingerprint density at radius 1 is 0.611 bits per heavy atom. The zero-order valence-corrected chi connectivity index (χ0v) is 13.4. The number of aryl methyl sites for hydroxylation is 2. The minimum atomic E-state index is -0.145. The van der Waals surface area contributed by atoms with E-state index in [2.05, 4.69) is 60.7 Å². The van der Waals surface area contributed by atoms with E-state index in [9.17, 15) is 0 Å². The first-order chi connectivity index (χ1) is 8.45. The Hall–Kier alpha value is -0.801. The van der Waals surface area contributed by atoms with Gasteiger partial charge < -0.3 is 5.48 Å². The number of hydrogen-bond acceptors (Lipinski definition) is 0. The summed E-state index contributed by atoms with van der Waals surface area (Å²) in [5.74, 6) is 0. The molecule has 0 amide bonds. The van der Waals surface area contributed by atoms with Gasteiger partial charge >= 0.3 is 115 Å². The summed E-state index contributed by atoms with van der Waals surface area (Å²) in [6, 6.07) is 21.8. The van der Waals surface area contributed by atoms with Gasteiger partial charge in [0.1, 0.15) is 0 Å². The molecule has 2 aromatic rings. The van der Waals surface area contributed by atoms with E-state index in [1.165, 1.54) is 32.8 Å². The number of rotatable bonds is 6. The molecular formula is C16H18OSn. The zero-order valence-electron chi connectivity index (χ0n) is 10.5. The van der Waals surface area contributed by atoms with Crippen molar-refractivity contribution in [1.82, 2.24) is 0 Å². The van der Waals surface area contributed by atoms with Crippen LogP contribution < -0.4 is 0 Å². The fourth-order valence-electron chi connectivity index (χ4n) is 1.88. The van der Waals surface area contributed by atoms with Crippen molar-refractivity contribution in [3.05, 3.63) is 71.8 Å². The molecule has 0 spiro atoms. The van der Waals surface area contributed by atoms with Crippen LogP contribution in [0, 0.1) is 0 Å². The summed E-state index contributed by atoms with van der Waals surface area (Å²) in [7, 11) is 0. The molecule has 2 rings (SSSR count). The van der Waals surface area contributed by atoms with Gasteiger partial charge in [0.2, 0.25) is 0 Å². The Morgan fingerprint density at radius 3 is 1.39 bits per heavy atom. The number of hydrogen-bond donors (Lipinski definition) is 0. The molecule has 18 heavy (non-hydrogen) atoms. The molecule has 0 aliphatic rings. The van der Waals surface area contributed by atoms with E-state index in [4.69, 9.17) is 0 Å². The van der Waals surface area contributed by atoms with Crippen LogP contribution in [0.1, 0.15) is 11.1 Å². The maximum atomic E-state index is 2.25. The third-order valence-electron chi connectivity index (χ3n) is 2.87. The molecule has 0 N–H and O–H groups in total. The second-order valence-corrected chi connectivity index (χ2v) is 8.50. The molecule has 0 heterocycles. The SMILES string of the molecule is [O-2].c1ccc(C[CH2][Sn+2][CH2]Cc2ccccc2)cc1. The van der Waals surface area contributed by atoms with Gasteiger partial charge in [-0.3, -0.25) is 0 Å². The summed E-state index contributed by atoms with van der Waals surface area (Å²) >= 11 is -0.145. The van der Waals surface area contributed by atoms with Crippen LogP contribution in [-0.4, -0.2) is 21.1 Å². The molecule has 0 unspecified atom stereocenters. The summed E-state index contributed by atoms with van der Waals surface area (Å²) in [6.07, 6.45) is 2.59. The summed E-state index contributed by atoms with van der Waals surface area (Å²) in [6.45, 7) is 0. The topological polar surface area (TPSA) is 28.5 Å². The molecule has 0 fully saturated rings. The zero-order chi connectivity index (χ0) is 11.8. The van der Waals surface area contributed by atoms with Crippen molar-refractivity contribution >= 4 is 21.1 Å². The Balaban J connectivity index is 0.00000162. The van der Waals surface area contributed by atoms with Crippen LogP contribution >= 0.6 is 0 Å². The molecule has 0 aliphatic carbocycles. The van der Waals surface area contributed by atoms with E-state index in [-0.39, 0.29) is 26.6 Å². The normalized spacial score (nSPS) is 9.33. The summed E-state index contributed by atoms with van der Waals surface area (Å²) in [4.78, 5) is 0. The first kappa shape index (κ1) is 15.3. The third kappa shape index (κ3) is 5.69. The first-order valence-electron chi connectivity index (χ1n) is 6.24. The molecule has 1 nitrogen and oxygen atoms in total. The Kier molecular flexibility index (Phi) is 7.77. The van der Waals surface area contributed by atoms with Crippen molar-refractivity contribution in [3.63, 3.8) is 0 Å². The second kappa shape index (κ2) is 9.17. The van der Waals surface area contributed by atoms with E-state index in [1.807, 2.05) is 0 Å². The standard InChI is InChI=1S/2C8H9.O.Sn/c2*1-2-8-6-4-3-5-7-8;;/h2*3-7H,1-2H2;;/q;;-2;+2. The fourth-order valence-corrected chi connectivity index (χ4v) is 5.25. The average molecular weight is 345 g/mol. The summed E-state index contributed by atoms with van der Waals surface area (Å²) < 4.78 is 2.94. The van der Waals surface area contributed by atoms with Crippen LogP contribution in [0.25, 0.3) is 0 Å². The van der Waals surface area contributed by atoms with Gasteiger partial charge in [-0.25, -0.2) is 0 Å². The van der Waals surface area contributed by atoms with Gasteiger partial charge in [0, 0.05) is 0 Å². The van der Waals surface area contributed by atoms with Crippen molar-refractivity contribution in [2.75, 3.05) is 0 Å². The number of benzene rings is 2. The van der Waals surface area contributed by atoms with Gasteiger partial charge in [0.05, 0.1) is 0 Å². The summed E-state index contributed by atoms with van der Waals surface area (Å²) in [5, 5.41) is 0. The fraction of sp³-hybridized carbons (Fsp3) is 0.250. The molecule has 0 saturated carbocycles.